The molecule has 1 aromatic rings. The van der Waals surface area contributed by atoms with Crippen LogP contribution in [0.4, 0.5) is 0 Å². The Labute approximate surface area is 144 Å². The molecule has 1 atom stereocenters. The first-order chi connectivity index (χ1) is 11.5. The van der Waals surface area contributed by atoms with Crippen molar-refractivity contribution >= 4 is 11.7 Å². The number of amides is 1. The summed E-state index contributed by atoms with van der Waals surface area (Å²) in [6, 6.07) is 7.19. The Hall–Kier alpha value is -2.14. The highest BCUT2D eigenvalue weighted by Gasteiger charge is 2.30. The zero-order chi connectivity index (χ0) is 17.5. The van der Waals surface area contributed by atoms with Gasteiger partial charge in [0, 0.05) is 31.8 Å². The van der Waals surface area contributed by atoms with Crippen LogP contribution >= 0.6 is 0 Å². The van der Waals surface area contributed by atoms with Gasteiger partial charge in [0.1, 0.15) is 6.04 Å². The van der Waals surface area contributed by atoms with Crippen LogP contribution in [0.5, 0.6) is 0 Å². The number of rotatable bonds is 8. The lowest BCUT2D eigenvalue weighted by Crippen LogP contribution is -2.46. The number of nitrogens with one attached hydrogen (secondary N) is 2. The Kier molecular flexibility index (Phi) is 6.55. The quantitative estimate of drug-likeness (QED) is 0.568. The topological polar surface area (TPSA) is 61.4 Å². The van der Waals surface area contributed by atoms with Gasteiger partial charge in [0.25, 0.3) is 0 Å². The van der Waals surface area contributed by atoms with Gasteiger partial charge < -0.3 is 10.3 Å². The summed E-state index contributed by atoms with van der Waals surface area (Å²) in [4.78, 5) is 24.9. The fraction of sp³-hybridized carbons (Fsp3) is 0.421. The Bertz CT molecular complexity index is 625. The average molecular weight is 328 g/mol. The minimum Gasteiger partial charge on any atom is -0.354 e. The van der Waals surface area contributed by atoms with Crippen molar-refractivity contribution in [3.63, 3.8) is 0 Å². The van der Waals surface area contributed by atoms with Crippen LogP contribution in [-0.2, 0) is 11.2 Å². The zero-order valence-electron chi connectivity index (χ0n) is 14.5. The van der Waals surface area contributed by atoms with E-state index in [9.17, 15) is 9.59 Å². The summed E-state index contributed by atoms with van der Waals surface area (Å²) in [6.45, 7) is 6.43. The van der Waals surface area contributed by atoms with Gasteiger partial charge in [-0.1, -0.05) is 38.5 Å². The summed E-state index contributed by atoms with van der Waals surface area (Å²) in [5.41, 5.74) is 5.69. The van der Waals surface area contributed by atoms with Gasteiger partial charge in [-0.25, -0.2) is 5.43 Å². The number of carbonyl (C=O) groups excluding carboxylic acids is 2. The molecule has 0 aliphatic carbocycles. The van der Waals surface area contributed by atoms with Crippen LogP contribution < -0.4 is 10.7 Å². The highest BCUT2D eigenvalue weighted by atomic mass is 16.2. The predicted octanol–water partition coefficient (Wildman–Crippen LogP) is 2.25. The molecule has 0 saturated heterocycles. The molecule has 2 rings (SSSR count). The Morgan fingerprint density at radius 2 is 2.17 bits per heavy atom. The molecule has 1 radical (unpaired) electrons. The molecule has 0 bridgehead atoms. The molecule has 1 heterocycles. The zero-order valence-corrected chi connectivity index (χ0v) is 14.5. The number of ketones is 1. The maximum atomic E-state index is 12.6. The Balaban J connectivity index is 2.04. The summed E-state index contributed by atoms with van der Waals surface area (Å²) in [6.07, 6.45) is 4.58. The van der Waals surface area contributed by atoms with Gasteiger partial charge in [-0.15, -0.1) is 0 Å². The molecule has 0 spiro atoms. The van der Waals surface area contributed by atoms with Crippen molar-refractivity contribution in [2.75, 3.05) is 13.6 Å². The van der Waals surface area contributed by atoms with Crippen LogP contribution in [0.1, 0.15) is 42.1 Å². The second-order valence-electron chi connectivity index (χ2n) is 6.03. The summed E-state index contributed by atoms with van der Waals surface area (Å²) in [5.74, 6) is -0.0710. The van der Waals surface area contributed by atoms with Crippen LogP contribution in [0.2, 0.25) is 0 Å². The van der Waals surface area contributed by atoms with Crippen molar-refractivity contribution < 1.29 is 9.59 Å². The number of Topliss-reactive ketones (excluding diaryl/α,β-unsaturated/α-hetero) is 1. The lowest BCUT2D eigenvalue weighted by Gasteiger charge is -2.17. The van der Waals surface area contributed by atoms with E-state index in [0.717, 1.165) is 30.4 Å². The number of carbonyl (C=O) groups is 2. The van der Waals surface area contributed by atoms with E-state index < -0.39 is 6.04 Å². The van der Waals surface area contributed by atoms with Gasteiger partial charge >= 0.3 is 0 Å². The maximum Gasteiger partial charge on any atom is 0.243 e. The van der Waals surface area contributed by atoms with Crippen LogP contribution in [0.15, 0.2) is 36.0 Å². The molecular weight excluding hydrogens is 302 g/mol. The highest BCUT2D eigenvalue weighted by Crippen LogP contribution is 2.19. The first-order valence-electron chi connectivity index (χ1n) is 8.43. The van der Waals surface area contributed by atoms with Crippen molar-refractivity contribution in [1.29, 1.82) is 0 Å². The minimum absolute atomic E-state index is 0.0317. The fourth-order valence-electron chi connectivity index (χ4n) is 2.71. The Morgan fingerprint density at radius 3 is 2.88 bits per heavy atom. The second kappa shape index (κ2) is 8.64. The molecule has 0 saturated carbocycles. The fourth-order valence-corrected chi connectivity index (χ4v) is 2.71. The summed E-state index contributed by atoms with van der Waals surface area (Å²) < 4.78 is 0. The van der Waals surface area contributed by atoms with Gasteiger partial charge in [-0.3, -0.25) is 9.59 Å². The van der Waals surface area contributed by atoms with Crippen LogP contribution in [0, 0.1) is 6.92 Å². The number of hydrazine groups is 1. The van der Waals surface area contributed by atoms with Gasteiger partial charge in [0.05, 0.1) is 0 Å². The molecule has 1 amide bonds. The van der Waals surface area contributed by atoms with Crippen LogP contribution in [0.3, 0.4) is 0 Å². The molecule has 1 aromatic carbocycles. The highest BCUT2D eigenvalue weighted by molar-refractivity contribution is 5.99. The largest absolute Gasteiger partial charge is 0.354 e. The number of nitrogens with zero attached hydrogens (tertiary/aromatic N) is 1. The van der Waals surface area contributed by atoms with Crippen molar-refractivity contribution in [2.24, 2.45) is 0 Å². The van der Waals surface area contributed by atoms with E-state index in [1.807, 2.05) is 37.5 Å². The SMILES string of the molecule is [CH2]CCCNC(=O)C1NN(C)C=C1CC(=O)c1cccc(CC)c1. The van der Waals surface area contributed by atoms with E-state index in [1.54, 1.807) is 5.01 Å². The van der Waals surface area contributed by atoms with E-state index in [0.29, 0.717) is 12.1 Å². The maximum absolute atomic E-state index is 12.6. The Morgan fingerprint density at radius 1 is 1.38 bits per heavy atom. The predicted molar refractivity (Wildman–Crippen MR) is 95.1 cm³/mol. The lowest BCUT2D eigenvalue weighted by molar-refractivity contribution is -0.122. The molecule has 0 aromatic heterocycles. The molecule has 1 unspecified atom stereocenters. The van der Waals surface area contributed by atoms with Gasteiger partial charge in [0.2, 0.25) is 5.91 Å². The third-order valence-corrected chi connectivity index (χ3v) is 4.07. The number of hydrogen-bond acceptors (Lipinski definition) is 4. The molecule has 0 fully saturated rings. The average Bonchev–Trinajstić information content (AvgIpc) is 2.95. The molecule has 5 heteroatoms. The van der Waals surface area contributed by atoms with Crippen molar-refractivity contribution in [1.82, 2.24) is 15.8 Å². The lowest BCUT2D eigenvalue weighted by atomic mass is 9.97. The summed E-state index contributed by atoms with van der Waals surface area (Å²) in [7, 11) is 1.82. The number of benzene rings is 1. The summed E-state index contributed by atoms with van der Waals surface area (Å²) >= 11 is 0. The van der Waals surface area contributed by atoms with Gasteiger partial charge in [-0.05, 0) is 30.0 Å². The molecule has 129 valence electrons. The normalized spacial score (nSPS) is 16.9. The van der Waals surface area contributed by atoms with Crippen LogP contribution in [0.25, 0.3) is 0 Å². The summed E-state index contributed by atoms with van der Waals surface area (Å²) in [5, 5.41) is 4.62. The molecule has 5 nitrogen and oxygen atoms in total. The molecule has 24 heavy (non-hydrogen) atoms. The van der Waals surface area contributed by atoms with Crippen molar-refractivity contribution in [3.8, 4) is 0 Å². The molecule has 1 aliphatic heterocycles. The van der Waals surface area contributed by atoms with Crippen molar-refractivity contribution in [3.05, 3.63) is 54.1 Å². The van der Waals surface area contributed by atoms with E-state index in [1.165, 1.54) is 0 Å². The van der Waals surface area contributed by atoms with Gasteiger partial charge in [-0.2, -0.15) is 0 Å². The number of hydrogen-bond donors (Lipinski definition) is 2. The van der Waals surface area contributed by atoms with E-state index >= 15 is 0 Å². The van der Waals surface area contributed by atoms with Crippen molar-refractivity contribution in [2.45, 2.75) is 38.6 Å². The molecule has 1 aliphatic rings. The third-order valence-electron chi connectivity index (χ3n) is 4.07. The van der Waals surface area contributed by atoms with Crippen LogP contribution in [-0.4, -0.2) is 36.3 Å². The number of unbranched alkanes of at least 4 members (excludes halogenated alkanes) is 1. The molecule has 2 N–H and O–H groups in total. The second-order valence-corrected chi connectivity index (χ2v) is 6.03. The first kappa shape index (κ1) is 18.2. The monoisotopic (exact) mass is 328 g/mol. The van der Waals surface area contributed by atoms with Gasteiger partial charge in [0.15, 0.2) is 5.78 Å². The molecular formula is C19H26N3O2. The standard InChI is InChI=1S/C19H26N3O2/c1-4-6-10-20-19(24)18-16(13-22(3)21-18)12-17(23)15-9-7-8-14(5-2)11-15/h7-9,11,13,18,21H,1,4-6,10,12H2,2-3H3,(H,20,24). The first-order valence-corrected chi connectivity index (χ1v) is 8.43. The van der Waals surface area contributed by atoms with E-state index in [4.69, 9.17) is 0 Å². The minimum atomic E-state index is -0.488. The van der Waals surface area contributed by atoms with E-state index in [2.05, 4.69) is 24.6 Å². The van der Waals surface area contributed by atoms with E-state index in [-0.39, 0.29) is 18.1 Å². The third kappa shape index (κ3) is 4.68. The number of aryl methyl sites for hydroxylation is 1. The smallest absolute Gasteiger partial charge is 0.243 e.